The van der Waals surface area contributed by atoms with Gasteiger partial charge in [-0.1, -0.05) is 84.4 Å². The average molecular weight is 563 g/mol. The van der Waals surface area contributed by atoms with Crippen molar-refractivity contribution in [1.29, 1.82) is 0 Å². The summed E-state index contributed by atoms with van der Waals surface area (Å²) < 4.78 is 28.5. The van der Waals surface area contributed by atoms with Gasteiger partial charge in [0.05, 0.1) is 17.4 Å². The van der Waals surface area contributed by atoms with E-state index in [0.717, 1.165) is 5.56 Å². The normalized spacial score (nSPS) is 12.2. The number of benzene rings is 4. The lowest BCUT2D eigenvalue weighted by Crippen LogP contribution is -2.31. The first-order valence-electron chi connectivity index (χ1n) is 12.2. The molecule has 1 amide bonds. The summed E-state index contributed by atoms with van der Waals surface area (Å²) in [6, 6.07) is 30.1. The Balaban J connectivity index is 1.54. The van der Waals surface area contributed by atoms with E-state index < -0.39 is 27.9 Å². The lowest BCUT2D eigenvalue weighted by Gasteiger charge is -2.23. The highest BCUT2D eigenvalue weighted by molar-refractivity contribution is 7.89. The van der Waals surface area contributed by atoms with Gasteiger partial charge >= 0.3 is 5.97 Å². The molecule has 0 saturated heterocycles. The van der Waals surface area contributed by atoms with Gasteiger partial charge in [0, 0.05) is 23.7 Å². The van der Waals surface area contributed by atoms with Crippen LogP contribution in [-0.2, 0) is 27.9 Å². The summed E-state index contributed by atoms with van der Waals surface area (Å²) in [4.78, 5) is 24.4. The molecule has 9 heteroatoms. The molecule has 0 bridgehead atoms. The highest BCUT2D eigenvalue weighted by Gasteiger charge is 2.25. The van der Waals surface area contributed by atoms with Crippen LogP contribution in [0.15, 0.2) is 114 Å². The van der Waals surface area contributed by atoms with Crippen LogP contribution in [0, 0.1) is 0 Å². The van der Waals surface area contributed by atoms with Gasteiger partial charge in [-0.05, 0) is 53.1 Å². The molecule has 0 aliphatic heterocycles. The number of hydrogen-bond acceptors (Lipinski definition) is 4. The zero-order chi connectivity index (χ0) is 27.8. The largest absolute Gasteiger partial charge is 0.481 e. The standard InChI is InChI=1S/C30H27ClN2O5S/c31-26-15-17-27(18-16-26)39(37,38)33(20-22-7-3-1-4-8-22)21-23-11-13-25(14-12-23)30(36)32-28(19-29(34)35)24-9-5-2-6-10-24/h1-18,28H,19-21H2,(H,32,36)(H,34,35). The molecular weight excluding hydrogens is 536 g/mol. The first-order valence-corrected chi connectivity index (χ1v) is 14.0. The Morgan fingerprint density at radius 3 is 1.87 bits per heavy atom. The molecule has 4 rings (SSSR count). The fraction of sp³-hybridized carbons (Fsp3) is 0.133. The summed E-state index contributed by atoms with van der Waals surface area (Å²) in [5, 5.41) is 12.5. The number of carboxylic acid groups (broad SMARTS) is 1. The number of halogens is 1. The molecule has 0 spiro atoms. The first-order chi connectivity index (χ1) is 18.7. The molecule has 0 fully saturated rings. The van der Waals surface area contributed by atoms with Crippen molar-refractivity contribution in [2.24, 2.45) is 0 Å². The lowest BCUT2D eigenvalue weighted by molar-refractivity contribution is -0.137. The van der Waals surface area contributed by atoms with Crippen molar-refractivity contribution < 1.29 is 23.1 Å². The van der Waals surface area contributed by atoms with Crippen LogP contribution in [0.25, 0.3) is 0 Å². The molecule has 200 valence electrons. The molecule has 0 heterocycles. The van der Waals surface area contributed by atoms with Crippen LogP contribution in [0.1, 0.15) is 39.5 Å². The van der Waals surface area contributed by atoms with Crippen LogP contribution in [0.2, 0.25) is 5.02 Å². The molecule has 4 aromatic carbocycles. The third-order valence-electron chi connectivity index (χ3n) is 6.11. The Bertz CT molecular complexity index is 1510. The highest BCUT2D eigenvalue weighted by atomic mass is 35.5. The Morgan fingerprint density at radius 1 is 0.769 bits per heavy atom. The van der Waals surface area contributed by atoms with E-state index in [4.69, 9.17) is 11.6 Å². The monoisotopic (exact) mass is 562 g/mol. The van der Waals surface area contributed by atoms with Crippen molar-refractivity contribution in [2.75, 3.05) is 0 Å². The third kappa shape index (κ3) is 7.54. The third-order valence-corrected chi connectivity index (χ3v) is 8.17. The fourth-order valence-electron chi connectivity index (χ4n) is 4.09. The van der Waals surface area contributed by atoms with Gasteiger partial charge < -0.3 is 10.4 Å². The SMILES string of the molecule is O=C(O)CC(NC(=O)c1ccc(CN(Cc2ccccc2)S(=O)(=O)c2ccc(Cl)cc2)cc1)c1ccccc1. The van der Waals surface area contributed by atoms with Gasteiger partial charge in [0.2, 0.25) is 10.0 Å². The molecule has 0 aliphatic carbocycles. The molecule has 1 atom stereocenters. The molecule has 7 nitrogen and oxygen atoms in total. The Hall–Kier alpha value is -3.98. The fourth-order valence-corrected chi connectivity index (χ4v) is 5.63. The predicted octanol–water partition coefficient (Wildman–Crippen LogP) is 5.68. The number of aliphatic carboxylic acids is 1. The minimum absolute atomic E-state index is 0.0768. The molecule has 4 aromatic rings. The van der Waals surface area contributed by atoms with Crippen molar-refractivity contribution in [2.45, 2.75) is 30.4 Å². The maximum absolute atomic E-state index is 13.5. The van der Waals surface area contributed by atoms with Gasteiger partial charge in [0.15, 0.2) is 0 Å². The van der Waals surface area contributed by atoms with Gasteiger partial charge in [0.1, 0.15) is 0 Å². The smallest absolute Gasteiger partial charge is 0.305 e. The van der Waals surface area contributed by atoms with Gasteiger partial charge in [-0.25, -0.2) is 8.42 Å². The number of amides is 1. The number of carboxylic acids is 1. The summed E-state index contributed by atoms with van der Waals surface area (Å²) in [5.74, 6) is -1.45. The topological polar surface area (TPSA) is 104 Å². The second kappa shape index (κ2) is 12.7. The number of nitrogens with zero attached hydrogens (tertiary/aromatic N) is 1. The second-order valence-electron chi connectivity index (χ2n) is 8.94. The zero-order valence-corrected chi connectivity index (χ0v) is 22.5. The first kappa shape index (κ1) is 28.0. The van der Waals surface area contributed by atoms with Crippen LogP contribution in [-0.4, -0.2) is 29.7 Å². The second-order valence-corrected chi connectivity index (χ2v) is 11.3. The molecular formula is C30H27ClN2O5S. The molecule has 2 N–H and O–H groups in total. The highest BCUT2D eigenvalue weighted by Crippen LogP contribution is 2.23. The van der Waals surface area contributed by atoms with E-state index in [1.54, 1.807) is 48.5 Å². The van der Waals surface area contributed by atoms with Crippen LogP contribution < -0.4 is 5.32 Å². The predicted molar refractivity (Wildman–Crippen MR) is 150 cm³/mol. The number of carbonyl (C=O) groups excluding carboxylic acids is 1. The van der Waals surface area contributed by atoms with E-state index in [9.17, 15) is 23.1 Å². The molecule has 0 radical (unpaired) electrons. The molecule has 0 saturated carbocycles. The number of nitrogens with one attached hydrogen (secondary N) is 1. The van der Waals surface area contributed by atoms with Gasteiger partial charge in [-0.2, -0.15) is 4.31 Å². The Morgan fingerprint density at radius 2 is 1.31 bits per heavy atom. The Labute approximate surface area is 232 Å². The van der Waals surface area contributed by atoms with E-state index >= 15 is 0 Å². The van der Waals surface area contributed by atoms with Crippen LogP contribution in [0.4, 0.5) is 0 Å². The molecule has 0 aromatic heterocycles. The van der Waals surface area contributed by atoms with Crippen molar-refractivity contribution in [3.8, 4) is 0 Å². The van der Waals surface area contributed by atoms with Crippen LogP contribution >= 0.6 is 11.6 Å². The molecule has 0 aliphatic rings. The van der Waals surface area contributed by atoms with Crippen LogP contribution in [0.3, 0.4) is 0 Å². The summed E-state index contributed by atoms with van der Waals surface area (Å²) >= 11 is 5.96. The van der Waals surface area contributed by atoms with E-state index in [1.807, 2.05) is 36.4 Å². The average Bonchev–Trinajstić information content (AvgIpc) is 2.94. The van der Waals surface area contributed by atoms with Crippen molar-refractivity contribution in [3.63, 3.8) is 0 Å². The van der Waals surface area contributed by atoms with E-state index in [-0.39, 0.29) is 24.4 Å². The number of carbonyl (C=O) groups is 2. The van der Waals surface area contributed by atoms with Gasteiger partial charge in [-0.3, -0.25) is 9.59 Å². The lowest BCUT2D eigenvalue weighted by atomic mass is 10.0. The van der Waals surface area contributed by atoms with Crippen LogP contribution in [0.5, 0.6) is 0 Å². The quantitative estimate of drug-likeness (QED) is 0.245. The Kier molecular flexibility index (Phi) is 9.14. The molecule has 39 heavy (non-hydrogen) atoms. The van der Waals surface area contributed by atoms with Gasteiger partial charge in [-0.15, -0.1) is 0 Å². The van der Waals surface area contributed by atoms with Crippen molar-refractivity contribution >= 4 is 33.5 Å². The van der Waals surface area contributed by atoms with E-state index in [2.05, 4.69) is 5.32 Å². The summed E-state index contributed by atoms with van der Waals surface area (Å²) in [6.45, 7) is 0.232. The summed E-state index contributed by atoms with van der Waals surface area (Å²) in [5.41, 5.74) is 2.54. The zero-order valence-electron chi connectivity index (χ0n) is 20.9. The summed E-state index contributed by atoms with van der Waals surface area (Å²) in [7, 11) is -3.86. The number of rotatable bonds is 11. The van der Waals surface area contributed by atoms with E-state index in [1.165, 1.54) is 28.6 Å². The number of sulfonamides is 1. The molecule has 1 unspecified atom stereocenters. The minimum Gasteiger partial charge on any atom is -0.481 e. The van der Waals surface area contributed by atoms with Crippen molar-refractivity contribution in [1.82, 2.24) is 9.62 Å². The maximum atomic E-state index is 13.5. The van der Waals surface area contributed by atoms with Gasteiger partial charge in [0.25, 0.3) is 5.91 Å². The number of hydrogen-bond donors (Lipinski definition) is 2. The maximum Gasteiger partial charge on any atom is 0.305 e. The summed E-state index contributed by atoms with van der Waals surface area (Å²) in [6.07, 6.45) is -0.259. The van der Waals surface area contributed by atoms with Crippen molar-refractivity contribution in [3.05, 3.63) is 136 Å². The minimum atomic E-state index is -3.86. The van der Waals surface area contributed by atoms with E-state index in [0.29, 0.717) is 21.7 Å².